The van der Waals surface area contributed by atoms with Gasteiger partial charge in [0, 0.05) is 13.1 Å². The molecule has 0 aromatic carbocycles. The zero-order chi connectivity index (χ0) is 11.3. The summed E-state index contributed by atoms with van der Waals surface area (Å²) >= 11 is 5.01. The minimum atomic E-state index is -2.85. The van der Waals surface area contributed by atoms with Crippen molar-refractivity contribution in [2.45, 2.75) is 31.4 Å². The Hall–Kier alpha value is -0.360. The van der Waals surface area contributed by atoms with Gasteiger partial charge in [0.1, 0.15) is 0 Å². The van der Waals surface area contributed by atoms with Gasteiger partial charge in [0.25, 0.3) is 0 Å². The van der Waals surface area contributed by atoms with Crippen LogP contribution in [0.1, 0.15) is 26.2 Å². The number of sulfone groups is 1. The quantitative estimate of drug-likeness (QED) is 0.709. The number of hydrogen-bond donors (Lipinski definition) is 2. The molecule has 88 valence electrons. The molecule has 6 heteroatoms. The fraction of sp³-hybridized carbons (Fsp3) is 0.889. The molecule has 2 N–H and O–H groups in total. The number of hydrogen-bond acceptors (Lipinski definition) is 3. The predicted octanol–water partition coefficient (Wildman–Crippen LogP) is 0.438. The molecule has 0 aromatic heterocycles. The van der Waals surface area contributed by atoms with Crippen molar-refractivity contribution in [1.29, 1.82) is 0 Å². The van der Waals surface area contributed by atoms with Gasteiger partial charge in [-0.05, 0) is 31.5 Å². The zero-order valence-electron chi connectivity index (χ0n) is 8.95. The number of nitrogens with one attached hydrogen (secondary N) is 2. The van der Waals surface area contributed by atoms with E-state index in [-0.39, 0.29) is 5.25 Å². The van der Waals surface area contributed by atoms with Gasteiger partial charge in [0.05, 0.1) is 11.0 Å². The molecule has 1 atom stereocenters. The second-order valence-corrected chi connectivity index (χ2v) is 6.58. The summed E-state index contributed by atoms with van der Waals surface area (Å²) < 4.78 is 23.0. The van der Waals surface area contributed by atoms with E-state index >= 15 is 0 Å². The SMILES string of the molecule is CCCNC(=S)NCC1CCCS1(=O)=O. The first kappa shape index (κ1) is 12.7. The lowest BCUT2D eigenvalue weighted by molar-refractivity contribution is 0.586. The molecule has 1 rings (SSSR count). The first-order chi connectivity index (χ1) is 7.06. The van der Waals surface area contributed by atoms with Crippen molar-refractivity contribution in [1.82, 2.24) is 10.6 Å². The summed E-state index contributed by atoms with van der Waals surface area (Å²) in [6.07, 6.45) is 2.54. The molecular formula is C9H18N2O2S2. The van der Waals surface area contributed by atoms with Crippen LogP contribution in [-0.2, 0) is 9.84 Å². The van der Waals surface area contributed by atoms with E-state index in [1.807, 2.05) is 0 Å². The third kappa shape index (κ3) is 3.95. The Morgan fingerprint density at radius 2 is 2.20 bits per heavy atom. The minimum absolute atomic E-state index is 0.251. The van der Waals surface area contributed by atoms with Gasteiger partial charge < -0.3 is 10.6 Å². The van der Waals surface area contributed by atoms with Gasteiger partial charge >= 0.3 is 0 Å². The third-order valence-corrected chi connectivity index (χ3v) is 5.05. The highest BCUT2D eigenvalue weighted by atomic mass is 32.2. The molecule has 0 aromatic rings. The average molecular weight is 250 g/mol. The molecule has 0 radical (unpaired) electrons. The molecule has 1 fully saturated rings. The topological polar surface area (TPSA) is 58.2 Å². The molecule has 1 saturated heterocycles. The summed E-state index contributed by atoms with van der Waals surface area (Å²) in [7, 11) is -2.85. The predicted molar refractivity (Wildman–Crippen MR) is 65.7 cm³/mol. The van der Waals surface area contributed by atoms with Crippen LogP contribution in [0.5, 0.6) is 0 Å². The smallest absolute Gasteiger partial charge is 0.166 e. The Morgan fingerprint density at radius 1 is 1.47 bits per heavy atom. The summed E-state index contributed by atoms with van der Waals surface area (Å²) in [6.45, 7) is 3.32. The van der Waals surface area contributed by atoms with Gasteiger partial charge in [0.2, 0.25) is 0 Å². The molecule has 0 aliphatic carbocycles. The largest absolute Gasteiger partial charge is 0.363 e. The Kier molecular flexibility index (Phi) is 4.79. The van der Waals surface area contributed by atoms with Crippen molar-refractivity contribution in [3.05, 3.63) is 0 Å². The summed E-state index contributed by atoms with van der Waals surface area (Å²) in [4.78, 5) is 0. The summed E-state index contributed by atoms with van der Waals surface area (Å²) in [5.74, 6) is 0.328. The van der Waals surface area contributed by atoms with Crippen LogP contribution in [0.4, 0.5) is 0 Å². The maximum atomic E-state index is 11.5. The normalized spacial score (nSPS) is 23.7. The molecule has 1 heterocycles. The van der Waals surface area contributed by atoms with Crippen LogP contribution in [0.15, 0.2) is 0 Å². The van der Waals surface area contributed by atoms with Crippen LogP contribution in [0.3, 0.4) is 0 Å². The van der Waals surface area contributed by atoms with Gasteiger partial charge in [-0.1, -0.05) is 6.92 Å². The van der Waals surface area contributed by atoms with Crippen molar-refractivity contribution in [2.75, 3.05) is 18.8 Å². The Morgan fingerprint density at radius 3 is 2.73 bits per heavy atom. The fourth-order valence-corrected chi connectivity index (χ4v) is 3.55. The average Bonchev–Trinajstić information content (AvgIpc) is 2.51. The van der Waals surface area contributed by atoms with Crippen LogP contribution in [0.25, 0.3) is 0 Å². The summed E-state index contributed by atoms with van der Waals surface area (Å²) in [6, 6.07) is 0. The molecular weight excluding hydrogens is 232 g/mol. The zero-order valence-corrected chi connectivity index (χ0v) is 10.6. The first-order valence-electron chi connectivity index (χ1n) is 5.29. The van der Waals surface area contributed by atoms with E-state index in [0.29, 0.717) is 17.4 Å². The van der Waals surface area contributed by atoms with Crippen molar-refractivity contribution in [3.63, 3.8) is 0 Å². The van der Waals surface area contributed by atoms with E-state index in [0.717, 1.165) is 25.8 Å². The molecule has 4 nitrogen and oxygen atoms in total. The van der Waals surface area contributed by atoms with E-state index in [9.17, 15) is 8.42 Å². The first-order valence-corrected chi connectivity index (χ1v) is 7.42. The van der Waals surface area contributed by atoms with E-state index < -0.39 is 9.84 Å². The van der Waals surface area contributed by atoms with E-state index in [4.69, 9.17) is 12.2 Å². The highest BCUT2D eigenvalue weighted by Gasteiger charge is 2.30. The van der Waals surface area contributed by atoms with Crippen LogP contribution in [-0.4, -0.2) is 37.6 Å². The maximum absolute atomic E-state index is 11.5. The van der Waals surface area contributed by atoms with Crippen molar-refractivity contribution < 1.29 is 8.42 Å². The molecule has 0 amide bonds. The highest BCUT2D eigenvalue weighted by Crippen LogP contribution is 2.18. The van der Waals surface area contributed by atoms with Crippen LogP contribution < -0.4 is 10.6 Å². The second-order valence-electron chi connectivity index (χ2n) is 3.77. The van der Waals surface area contributed by atoms with Gasteiger partial charge in [0.15, 0.2) is 14.9 Å². The lowest BCUT2D eigenvalue weighted by Crippen LogP contribution is -2.40. The van der Waals surface area contributed by atoms with Gasteiger partial charge in [-0.15, -0.1) is 0 Å². The lowest BCUT2D eigenvalue weighted by atomic mass is 10.2. The lowest BCUT2D eigenvalue weighted by Gasteiger charge is -2.13. The Balaban J connectivity index is 2.28. The van der Waals surface area contributed by atoms with Gasteiger partial charge in [-0.2, -0.15) is 0 Å². The van der Waals surface area contributed by atoms with Crippen molar-refractivity contribution >= 4 is 27.2 Å². The fourth-order valence-electron chi connectivity index (χ4n) is 1.60. The van der Waals surface area contributed by atoms with E-state index in [2.05, 4.69) is 17.6 Å². The van der Waals surface area contributed by atoms with Crippen LogP contribution >= 0.6 is 12.2 Å². The molecule has 1 unspecified atom stereocenters. The molecule has 15 heavy (non-hydrogen) atoms. The number of rotatable bonds is 4. The van der Waals surface area contributed by atoms with Crippen molar-refractivity contribution in [2.24, 2.45) is 0 Å². The van der Waals surface area contributed by atoms with Crippen LogP contribution in [0.2, 0.25) is 0 Å². The third-order valence-electron chi connectivity index (χ3n) is 2.49. The summed E-state index contributed by atoms with van der Waals surface area (Å²) in [5.41, 5.74) is 0. The van der Waals surface area contributed by atoms with Crippen molar-refractivity contribution in [3.8, 4) is 0 Å². The summed E-state index contributed by atoms with van der Waals surface area (Å²) in [5, 5.41) is 6.27. The van der Waals surface area contributed by atoms with Gasteiger partial charge in [-0.3, -0.25) is 0 Å². The molecule has 0 spiro atoms. The molecule has 1 aliphatic rings. The number of thiocarbonyl (C=S) groups is 1. The molecule has 0 bridgehead atoms. The Bertz CT molecular complexity index is 314. The maximum Gasteiger partial charge on any atom is 0.166 e. The van der Waals surface area contributed by atoms with Gasteiger partial charge in [-0.25, -0.2) is 8.42 Å². The molecule has 1 aliphatic heterocycles. The van der Waals surface area contributed by atoms with Crippen LogP contribution in [0, 0.1) is 0 Å². The Labute approximate surface area is 96.7 Å². The monoisotopic (exact) mass is 250 g/mol. The molecule has 0 saturated carbocycles. The van der Waals surface area contributed by atoms with E-state index in [1.165, 1.54) is 0 Å². The highest BCUT2D eigenvalue weighted by molar-refractivity contribution is 7.92. The second kappa shape index (κ2) is 5.65. The minimum Gasteiger partial charge on any atom is -0.363 e. The standard InChI is InChI=1S/C9H18N2O2S2/c1-2-5-10-9(14)11-7-8-4-3-6-15(8,12)13/h8H,2-7H2,1H3,(H2,10,11,14). The van der Waals surface area contributed by atoms with E-state index in [1.54, 1.807) is 0 Å².